The van der Waals surface area contributed by atoms with Gasteiger partial charge in [-0.15, -0.1) is 25.5 Å². The van der Waals surface area contributed by atoms with Gasteiger partial charge in [-0.2, -0.15) is 38.4 Å². The van der Waals surface area contributed by atoms with Crippen LogP contribution in [0.25, 0.3) is 67.0 Å². The molecule has 0 saturated carbocycles. The van der Waals surface area contributed by atoms with Crippen LogP contribution in [0.15, 0.2) is 39.7 Å². The van der Waals surface area contributed by atoms with E-state index in [4.69, 9.17) is 193 Å². The highest BCUT2D eigenvalue weighted by Crippen LogP contribution is 2.61. The number of nitrogens with two attached hydrogens (primary N) is 6. The minimum atomic E-state index is -4.16. The van der Waals surface area contributed by atoms with Gasteiger partial charge in [0.15, 0.2) is 129 Å². The molecule has 27 atom stereocenters. The number of anilines is 6. The van der Waals surface area contributed by atoms with E-state index in [1.54, 1.807) is 4.57 Å². The molecule has 6 unspecified atom stereocenters. The van der Waals surface area contributed by atoms with E-state index in [0.717, 1.165) is 31.4 Å². The second-order valence-electron chi connectivity index (χ2n) is 30.2. The Hall–Kier alpha value is -8.09. The van der Waals surface area contributed by atoms with Crippen molar-refractivity contribution in [1.29, 1.82) is 0 Å². The van der Waals surface area contributed by atoms with Crippen LogP contribution < -0.4 is 51.1 Å². The van der Waals surface area contributed by atoms with E-state index in [-0.39, 0.29) is 143 Å². The first kappa shape index (κ1) is 92.6. The lowest BCUT2D eigenvalue weighted by atomic mass is 10.0. The van der Waals surface area contributed by atoms with Crippen LogP contribution in [0, 0.1) is 0 Å². The summed E-state index contributed by atoms with van der Waals surface area (Å²) >= 11 is 31.6. The maximum absolute atomic E-state index is 15.9. The first-order valence-corrected chi connectivity index (χ1v) is 53.9. The van der Waals surface area contributed by atoms with Crippen molar-refractivity contribution < 1.29 is 126 Å². The number of halogens is 2. The Bertz CT molecular complexity index is 6850. The number of H-pyrrole nitrogens is 3. The van der Waals surface area contributed by atoms with Crippen LogP contribution in [-0.2, 0) is 158 Å². The largest absolute Gasteiger partial charge is 0.382 e. The molecule has 10 aliphatic rings. The van der Waals surface area contributed by atoms with Gasteiger partial charge in [0.1, 0.15) is 85.0 Å². The summed E-state index contributed by atoms with van der Waals surface area (Å²) in [6.45, 7) is -27.1. The Morgan fingerprint density at radius 1 is 0.376 bits per heavy atom. The average Bonchev–Trinajstić information content (AvgIpc) is 1.56. The highest BCUT2D eigenvalue weighted by molar-refractivity contribution is 8.08. The fourth-order valence-corrected chi connectivity index (χ4v) is 24.6. The third-order valence-corrected chi connectivity index (χ3v) is 31.0. The molecule has 21 N–H and O–H groups in total. The number of rotatable bonds is 6. The molecule has 77 heteroatoms. The van der Waals surface area contributed by atoms with E-state index in [2.05, 4.69) is 116 Å². The highest BCUT2D eigenvalue weighted by Gasteiger charge is 2.66. The quantitative estimate of drug-likeness (QED) is 0.0708. The molecule has 0 amide bonds. The zero-order valence-corrected chi connectivity index (χ0v) is 76.3. The van der Waals surface area contributed by atoms with Crippen LogP contribution >= 0.6 is 40.3 Å². The number of alkyl halides is 2. The summed E-state index contributed by atoms with van der Waals surface area (Å²) in [7, 11) is 0. The number of nitrogen functional groups attached to an aromatic ring is 6. The first-order chi connectivity index (χ1) is 63.2. The van der Waals surface area contributed by atoms with Crippen molar-refractivity contribution in [3.63, 3.8) is 0 Å². The topological polar surface area (TPSA) is 839 Å². The second-order valence-corrected chi connectivity index (χ2v) is 46.9. The molecule has 10 fully saturated rings. The summed E-state index contributed by atoms with van der Waals surface area (Å²) in [6, 6.07) is 0. The molecule has 133 heavy (non-hydrogen) atoms. The minimum absolute atomic E-state index is 0.000583. The van der Waals surface area contributed by atoms with E-state index in [0.29, 0.717) is 11.2 Å². The molecule has 10 saturated heterocycles. The number of ether oxygens (including phenoxy) is 7. The average molecular weight is 2090 g/mol. The summed E-state index contributed by atoms with van der Waals surface area (Å²) in [5, 5.41) is 38.9. The van der Waals surface area contributed by atoms with Crippen LogP contribution in [-0.4, -0.2) is 311 Å². The molecule has 12 aromatic heterocycles. The predicted molar refractivity (Wildman–Crippen MR) is 456 cm³/mol. The SMILES string of the molecule is Nc1nc2c(nnn2[C@@H]2O[C@@H]3COP(O)(=S)O[C@H]4[C@H](F)[C@H](n5nnc6c(N)ncnc65)O[C@@H]4COP(O)(=S)O[C@@H]2C3)c(=O)[nH]1.Nc1nc2c(nnn2[C@@H]2O[C@@H]3COP(O)(=S)O[C@H]4[C@H](F)[C@H](n5nnc6c(N)ncnc65)O[C@@H]4COP(O)(=S)O[C@@H]2C3)c(=O)[nH]1.Nc1nc2c(nnn2[C@@H]2O[C@@H]3COP(O)(=S)O[C@H]4[C@H]5OC[C@]4(COP(O)(=S)O[C@@H]2C3)O[C@H]5n2cnc3c(N)ncnc32)c(=O)[nH]1. The Balaban J connectivity index is 0.000000124. The number of aromatic amines is 3. The van der Waals surface area contributed by atoms with E-state index >= 15 is 8.78 Å². The van der Waals surface area contributed by atoms with Gasteiger partial charge in [0.05, 0.1) is 70.9 Å². The maximum Gasteiger partial charge on any atom is 0.325 e. The van der Waals surface area contributed by atoms with E-state index in [1.165, 1.54) is 17.3 Å². The van der Waals surface area contributed by atoms with Crippen molar-refractivity contribution >= 4 is 213 Å². The summed E-state index contributed by atoms with van der Waals surface area (Å²) in [5.41, 5.74) is 32.0. The van der Waals surface area contributed by atoms with Gasteiger partial charge in [0.25, 0.3) is 16.7 Å². The van der Waals surface area contributed by atoms with Crippen LogP contribution in [0.2, 0.25) is 0 Å². The Labute approximate surface area is 763 Å². The van der Waals surface area contributed by atoms with Crippen LogP contribution in [0.1, 0.15) is 56.6 Å². The van der Waals surface area contributed by atoms with Crippen molar-refractivity contribution in [3.8, 4) is 0 Å². The fraction of sp³-hybridized carbons (Fsp3) is 0.554. The van der Waals surface area contributed by atoms with Gasteiger partial charge in [-0.25, -0.2) is 43.7 Å². The maximum atomic E-state index is 15.9. The number of fused-ring (bicyclic) bond motifs is 14. The standard InChI is InChI=1S/C20H23N11O10P2S2.2C18H21FN12O9P2S2/c21-13-9-14(24-5-23-13)30(6-25-9)18-11-12-20(39-18,3-35-11)4-37-43(34,45)40-8-1-7(2-36-42(33,44)41-12)38-17(8)31-15-10(28-29-31)16(32)27-19(22)26-15;2*19-8-11-7(38-17(8)30-13-9(26-28-30)12(20)22-4-23-13)3-36-41(33,43)39-6-1-5(2-35-42(34,44)40-11)37-16(6)31-14-10(27-29-31)15(32)25-18(21)24-14/h5-8,11-12,17-18H,1-4H2,(H,33,44)(H,34,45)(H2,21,23,24)(H3,22,26,27,32);2*4-8,11,16-17H,1-3H2,(H,33,43)(H,34,44)(H2,20,22,23)(H3,21,24,25,32)/t7-,8+,11+,12-,17+,18+,20+,42?,43?;2*5-,6+,7+,8-,11+,16+,17+,41?,42?/m000/s1. The van der Waals surface area contributed by atoms with Crippen molar-refractivity contribution in [3.05, 3.63) is 56.4 Å². The third kappa shape index (κ3) is 18.0. The molecule has 712 valence electrons. The lowest BCUT2D eigenvalue weighted by molar-refractivity contribution is -0.183. The summed E-state index contributed by atoms with van der Waals surface area (Å²) in [5.74, 6) is -0.405. The monoisotopic (exact) mass is 2090 g/mol. The van der Waals surface area contributed by atoms with Crippen molar-refractivity contribution in [2.45, 2.75) is 148 Å². The van der Waals surface area contributed by atoms with Gasteiger partial charge >= 0.3 is 40.3 Å². The number of aromatic nitrogens is 29. The van der Waals surface area contributed by atoms with Gasteiger partial charge in [-0.3, -0.25) is 47.5 Å². The first-order valence-electron chi connectivity index (χ1n) is 38.4. The number of nitrogens with one attached hydrogen (secondary N) is 3. The van der Waals surface area contributed by atoms with Crippen LogP contribution in [0.5, 0.6) is 0 Å². The summed E-state index contributed by atoms with van der Waals surface area (Å²) in [6.07, 6.45) is -19.5. The smallest absolute Gasteiger partial charge is 0.325 e. The molecule has 8 bridgehead atoms. The number of hydrogen-bond acceptors (Lipinski definition) is 54. The van der Waals surface area contributed by atoms with E-state index in [1.807, 2.05) is 0 Å². The van der Waals surface area contributed by atoms with Gasteiger partial charge in [-0.1, -0.05) is 26.1 Å². The summed E-state index contributed by atoms with van der Waals surface area (Å²) in [4.78, 5) is 151. The Morgan fingerprint density at radius 3 is 1.13 bits per heavy atom. The molecule has 0 radical (unpaired) electrons. The van der Waals surface area contributed by atoms with E-state index < -0.39 is 199 Å². The number of nitrogens with zero attached hydrogens (tertiary/aromatic N) is 26. The zero-order valence-electron chi connectivity index (χ0n) is 66.1. The van der Waals surface area contributed by atoms with Gasteiger partial charge in [0, 0.05) is 19.3 Å². The van der Waals surface area contributed by atoms with Gasteiger partial charge < -0.3 is 138 Å². The van der Waals surface area contributed by atoms with Crippen molar-refractivity contribution in [2.75, 3.05) is 80.7 Å². The van der Waals surface area contributed by atoms with Crippen LogP contribution in [0.3, 0.4) is 0 Å². The minimum Gasteiger partial charge on any atom is -0.382 e. The number of imidazole rings is 1. The molecule has 0 aromatic carbocycles. The highest BCUT2D eigenvalue weighted by atomic mass is 32.5. The normalized spacial score (nSPS) is 37.3. The molecule has 10 aliphatic heterocycles. The molecule has 63 nitrogen and oxygen atoms in total. The van der Waals surface area contributed by atoms with Gasteiger partial charge in [0.2, 0.25) is 17.8 Å². The lowest BCUT2D eigenvalue weighted by Crippen LogP contribution is -2.45. The predicted octanol–water partition coefficient (Wildman–Crippen LogP) is -3.90. The Kier molecular flexibility index (Phi) is 24.4. The number of hydrogen-bond donors (Lipinski definition) is 15. The molecular formula is C56H65F2N35O28P6S6. The van der Waals surface area contributed by atoms with Crippen LogP contribution in [0.4, 0.5) is 44.1 Å². The fourth-order valence-electron chi connectivity index (χ4n) is 15.8. The molecular weight excluding hydrogens is 2030 g/mol. The van der Waals surface area contributed by atoms with Crippen molar-refractivity contribution in [2.24, 2.45) is 0 Å². The second kappa shape index (κ2) is 35.1. The molecule has 0 spiro atoms. The Morgan fingerprint density at radius 2 is 0.722 bits per heavy atom. The molecule has 12 aromatic rings. The molecule has 22 heterocycles. The van der Waals surface area contributed by atoms with Crippen molar-refractivity contribution in [1.82, 2.24) is 144 Å². The summed E-state index contributed by atoms with van der Waals surface area (Å²) < 4.78 is 150. The molecule has 0 aliphatic carbocycles. The molecule has 22 rings (SSSR count). The lowest BCUT2D eigenvalue weighted by Gasteiger charge is -2.33. The van der Waals surface area contributed by atoms with E-state index in [9.17, 15) is 43.7 Å². The third-order valence-electron chi connectivity index (χ3n) is 21.6. The van der Waals surface area contributed by atoms with Gasteiger partial charge in [-0.05, 0) is 70.8 Å². The zero-order chi connectivity index (χ0) is 93.2.